The Morgan fingerprint density at radius 2 is 2.05 bits per heavy atom. The Morgan fingerprint density at radius 3 is 2.68 bits per heavy atom. The van der Waals surface area contributed by atoms with Gasteiger partial charge in [0.25, 0.3) is 5.91 Å². The first-order valence-electron chi connectivity index (χ1n) is 8.07. The normalized spacial score (nSPS) is 19.5. The number of aromatic nitrogens is 1. The van der Waals surface area contributed by atoms with E-state index in [2.05, 4.69) is 34.7 Å². The number of hydrogen-bond acceptors (Lipinski definition) is 3. The zero-order chi connectivity index (χ0) is 15.0. The summed E-state index contributed by atoms with van der Waals surface area (Å²) in [5.41, 5.74) is 1.82. The fraction of sp³-hybridized carbons (Fsp3) is 0.444. The molecule has 2 fully saturated rings. The van der Waals surface area contributed by atoms with E-state index in [0.717, 1.165) is 31.4 Å². The molecule has 0 bridgehead atoms. The second-order valence-electron chi connectivity index (χ2n) is 6.57. The average Bonchev–Trinajstić information content (AvgIpc) is 3.24. The fourth-order valence-electron chi connectivity index (χ4n) is 3.26. The van der Waals surface area contributed by atoms with E-state index in [1.54, 1.807) is 6.07 Å². The molecule has 1 amide bonds. The highest BCUT2D eigenvalue weighted by atomic mass is 16.5. The topological polar surface area (TPSA) is 55.1 Å². The Balaban J connectivity index is 1.43. The zero-order valence-corrected chi connectivity index (χ0v) is 12.5. The van der Waals surface area contributed by atoms with E-state index in [4.69, 9.17) is 4.52 Å². The van der Waals surface area contributed by atoms with Crippen LogP contribution in [-0.4, -0.2) is 17.6 Å². The van der Waals surface area contributed by atoms with Crippen molar-refractivity contribution in [3.63, 3.8) is 0 Å². The number of benzene rings is 1. The molecular formula is C18H20N2O2. The van der Waals surface area contributed by atoms with Crippen LogP contribution in [-0.2, 0) is 5.41 Å². The van der Waals surface area contributed by atoms with Crippen LogP contribution in [0.5, 0.6) is 0 Å². The summed E-state index contributed by atoms with van der Waals surface area (Å²) in [4.78, 5) is 12.3. The summed E-state index contributed by atoms with van der Waals surface area (Å²) in [6.07, 6.45) is 5.77. The quantitative estimate of drug-likeness (QED) is 0.920. The van der Waals surface area contributed by atoms with Crippen molar-refractivity contribution in [1.82, 2.24) is 10.5 Å². The molecule has 1 heterocycles. The molecule has 2 aromatic rings. The molecule has 22 heavy (non-hydrogen) atoms. The Morgan fingerprint density at radius 1 is 1.27 bits per heavy atom. The average molecular weight is 296 g/mol. The number of hydrogen-bond donors (Lipinski definition) is 1. The minimum Gasteiger partial charge on any atom is -0.360 e. The molecule has 1 aromatic heterocycles. The Bertz CT molecular complexity index is 669. The zero-order valence-electron chi connectivity index (χ0n) is 12.5. The monoisotopic (exact) mass is 296 g/mol. The van der Waals surface area contributed by atoms with Crippen LogP contribution in [0.3, 0.4) is 0 Å². The lowest BCUT2D eigenvalue weighted by atomic mass is 9.64. The number of nitrogens with one attached hydrogen (secondary N) is 1. The van der Waals surface area contributed by atoms with Gasteiger partial charge in [0.15, 0.2) is 5.69 Å². The van der Waals surface area contributed by atoms with Crippen molar-refractivity contribution in [2.24, 2.45) is 0 Å². The van der Waals surface area contributed by atoms with E-state index in [-0.39, 0.29) is 11.3 Å². The Labute approximate surface area is 129 Å². The van der Waals surface area contributed by atoms with Crippen molar-refractivity contribution in [3.8, 4) is 0 Å². The summed E-state index contributed by atoms with van der Waals surface area (Å²) in [7, 11) is 0. The third-order valence-corrected chi connectivity index (χ3v) is 5.02. The van der Waals surface area contributed by atoms with Gasteiger partial charge in [-0.25, -0.2) is 0 Å². The van der Waals surface area contributed by atoms with E-state index in [0.29, 0.717) is 18.2 Å². The first-order valence-corrected chi connectivity index (χ1v) is 8.07. The minimum atomic E-state index is -0.127. The molecule has 1 N–H and O–H groups in total. The maximum Gasteiger partial charge on any atom is 0.273 e. The van der Waals surface area contributed by atoms with Gasteiger partial charge in [0, 0.05) is 23.9 Å². The summed E-state index contributed by atoms with van der Waals surface area (Å²) in [6.45, 7) is 0.668. The van der Waals surface area contributed by atoms with Crippen LogP contribution < -0.4 is 5.32 Å². The molecule has 4 heteroatoms. The molecule has 1 aromatic carbocycles. The molecule has 0 spiro atoms. The van der Waals surface area contributed by atoms with Crippen molar-refractivity contribution in [2.75, 3.05) is 6.54 Å². The first-order chi connectivity index (χ1) is 10.8. The van der Waals surface area contributed by atoms with Gasteiger partial charge in [-0.1, -0.05) is 41.9 Å². The van der Waals surface area contributed by atoms with Crippen molar-refractivity contribution in [1.29, 1.82) is 0 Å². The van der Waals surface area contributed by atoms with Gasteiger partial charge in [-0.2, -0.15) is 0 Å². The van der Waals surface area contributed by atoms with Crippen molar-refractivity contribution < 1.29 is 9.32 Å². The molecule has 2 saturated carbocycles. The summed E-state index contributed by atoms with van der Waals surface area (Å²) in [5, 5.41) is 6.96. The highest BCUT2D eigenvalue weighted by molar-refractivity contribution is 5.92. The Hall–Kier alpha value is -2.10. The van der Waals surface area contributed by atoms with Crippen LogP contribution in [0, 0.1) is 0 Å². The van der Waals surface area contributed by atoms with Gasteiger partial charge in [-0.15, -0.1) is 0 Å². The van der Waals surface area contributed by atoms with Crippen LogP contribution >= 0.6 is 0 Å². The van der Waals surface area contributed by atoms with E-state index in [1.807, 2.05) is 6.07 Å². The minimum absolute atomic E-state index is 0.0972. The number of nitrogens with zero attached hydrogens (tertiary/aromatic N) is 1. The molecule has 0 aliphatic heterocycles. The van der Waals surface area contributed by atoms with Gasteiger partial charge in [-0.05, 0) is 31.2 Å². The maximum atomic E-state index is 12.3. The molecule has 0 atom stereocenters. The second-order valence-corrected chi connectivity index (χ2v) is 6.57. The summed E-state index contributed by atoms with van der Waals surface area (Å²) in [5.74, 6) is 1.21. The molecular weight excluding hydrogens is 276 g/mol. The third kappa shape index (κ3) is 2.43. The van der Waals surface area contributed by atoms with Crippen molar-refractivity contribution in [3.05, 3.63) is 53.4 Å². The molecule has 0 radical (unpaired) electrons. The van der Waals surface area contributed by atoms with Crippen LogP contribution in [0.15, 0.2) is 40.9 Å². The molecule has 0 unspecified atom stereocenters. The van der Waals surface area contributed by atoms with Crippen LogP contribution in [0.2, 0.25) is 0 Å². The van der Waals surface area contributed by atoms with Crippen molar-refractivity contribution >= 4 is 5.91 Å². The van der Waals surface area contributed by atoms with E-state index < -0.39 is 0 Å². The van der Waals surface area contributed by atoms with Gasteiger partial charge < -0.3 is 9.84 Å². The molecule has 2 aliphatic rings. The lowest BCUT2D eigenvalue weighted by Gasteiger charge is -2.42. The molecule has 4 nitrogen and oxygen atoms in total. The lowest BCUT2D eigenvalue weighted by Crippen LogP contribution is -2.45. The van der Waals surface area contributed by atoms with Crippen LogP contribution in [0.25, 0.3) is 0 Å². The Kier molecular flexibility index (Phi) is 3.25. The number of amides is 1. The smallest absolute Gasteiger partial charge is 0.273 e. The largest absolute Gasteiger partial charge is 0.360 e. The second kappa shape index (κ2) is 5.27. The van der Waals surface area contributed by atoms with E-state index >= 15 is 0 Å². The van der Waals surface area contributed by atoms with Gasteiger partial charge in [0.1, 0.15) is 5.76 Å². The highest BCUT2D eigenvalue weighted by Crippen LogP contribution is 2.43. The summed E-state index contributed by atoms with van der Waals surface area (Å²) >= 11 is 0. The molecule has 2 aliphatic carbocycles. The highest BCUT2D eigenvalue weighted by Gasteiger charge is 2.39. The van der Waals surface area contributed by atoms with E-state index in [1.165, 1.54) is 12.0 Å². The number of carbonyl (C=O) groups is 1. The maximum absolute atomic E-state index is 12.3. The molecule has 114 valence electrons. The standard InChI is InChI=1S/C18H20N2O2/c21-17(15-11-16(22-20-15)13-7-8-13)19-12-18(9-4-10-18)14-5-2-1-3-6-14/h1-3,5-6,11,13H,4,7-10,12H2,(H,19,21). The number of rotatable bonds is 5. The van der Waals surface area contributed by atoms with Gasteiger partial charge in [-0.3, -0.25) is 4.79 Å². The van der Waals surface area contributed by atoms with Gasteiger partial charge in [0.05, 0.1) is 0 Å². The van der Waals surface area contributed by atoms with Crippen LogP contribution in [0.1, 0.15) is 59.8 Å². The summed E-state index contributed by atoms with van der Waals surface area (Å²) in [6, 6.07) is 12.3. The van der Waals surface area contributed by atoms with E-state index in [9.17, 15) is 4.79 Å². The summed E-state index contributed by atoms with van der Waals surface area (Å²) < 4.78 is 5.26. The van der Waals surface area contributed by atoms with Crippen LogP contribution in [0.4, 0.5) is 0 Å². The molecule has 0 saturated heterocycles. The fourth-order valence-corrected chi connectivity index (χ4v) is 3.26. The molecule has 4 rings (SSSR count). The van der Waals surface area contributed by atoms with Gasteiger partial charge >= 0.3 is 0 Å². The van der Waals surface area contributed by atoms with Gasteiger partial charge in [0.2, 0.25) is 0 Å². The van der Waals surface area contributed by atoms with Crippen molar-refractivity contribution in [2.45, 2.75) is 43.4 Å². The predicted octanol–water partition coefficient (Wildman–Crippen LogP) is 3.40. The third-order valence-electron chi connectivity index (χ3n) is 5.02. The number of carbonyl (C=O) groups excluding carboxylic acids is 1. The first kappa shape index (κ1) is 13.6. The SMILES string of the molecule is O=C(NCC1(c2ccccc2)CCC1)c1cc(C2CC2)on1. The predicted molar refractivity (Wildman–Crippen MR) is 82.8 cm³/mol. The lowest BCUT2D eigenvalue weighted by molar-refractivity contribution is 0.0918.